The summed E-state index contributed by atoms with van der Waals surface area (Å²) in [5, 5.41) is 0.518. The summed E-state index contributed by atoms with van der Waals surface area (Å²) in [5.74, 6) is -0.307. The highest BCUT2D eigenvalue weighted by atomic mass is 35.5. The summed E-state index contributed by atoms with van der Waals surface area (Å²) >= 11 is 6.02. The zero-order chi connectivity index (χ0) is 11.7. The lowest BCUT2D eigenvalue weighted by molar-refractivity contribution is 0.628. The van der Waals surface area contributed by atoms with Crippen LogP contribution < -0.4 is 5.73 Å². The molecule has 2 aromatic rings. The first-order chi connectivity index (χ1) is 7.58. The maximum atomic E-state index is 13.1. The van der Waals surface area contributed by atoms with E-state index in [-0.39, 0.29) is 5.82 Å². The van der Waals surface area contributed by atoms with Crippen molar-refractivity contribution in [3.63, 3.8) is 0 Å². The number of hydrogen-bond donors (Lipinski definition) is 1. The molecule has 2 aromatic carbocycles. The highest BCUT2D eigenvalue weighted by Crippen LogP contribution is 2.30. The van der Waals surface area contributed by atoms with Crippen molar-refractivity contribution < 1.29 is 4.39 Å². The summed E-state index contributed by atoms with van der Waals surface area (Å²) in [7, 11) is 0. The lowest BCUT2D eigenvalue weighted by Crippen LogP contribution is -1.90. The van der Waals surface area contributed by atoms with Gasteiger partial charge in [0.25, 0.3) is 0 Å². The minimum Gasteiger partial charge on any atom is -0.398 e. The number of aryl methyl sites for hydroxylation is 1. The van der Waals surface area contributed by atoms with Crippen molar-refractivity contribution in [2.24, 2.45) is 0 Å². The second-order valence-electron chi connectivity index (χ2n) is 3.70. The van der Waals surface area contributed by atoms with Gasteiger partial charge >= 0.3 is 0 Å². The van der Waals surface area contributed by atoms with Gasteiger partial charge in [-0.2, -0.15) is 0 Å². The van der Waals surface area contributed by atoms with Crippen molar-refractivity contribution in [3.05, 3.63) is 52.8 Å². The largest absolute Gasteiger partial charge is 0.398 e. The Morgan fingerprint density at radius 1 is 1.12 bits per heavy atom. The van der Waals surface area contributed by atoms with E-state index in [1.165, 1.54) is 12.1 Å². The molecule has 0 spiro atoms. The molecule has 0 amide bonds. The third-order valence-corrected chi connectivity index (χ3v) is 2.85. The first-order valence-electron chi connectivity index (χ1n) is 4.89. The van der Waals surface area contributed by atoms with E-state index in [2.05, 4.69) is 0 Å². The number of halogens is 2. The predicted molar refractivity (Wildman–Crippen MR) is 66.0 cm³/mol. The third-order valence-electron chi connectivity index (χ3n) is 2.52. The molecule has 0 heterocycles. The van der Waals surface area contributed by atoms with Gasteiger partial charge < -0.3 is 5.73 Å². The second kappa shape index (κ2) is 4.14. The van der Waals surface area contributed by atoms with Gasteiger partial charge in [-0.05, 0) is 42.3 Å². The Bertz CT molecular complexity index is 537. The molecule has 0 bridgehead atoms. The van der Waals surface area contributed by atoms with E-state index in [0.29, 0.717) is 16.3 Å². The minimum atomic E-state index is -0.307. The van der Waals surface area contributed by atoms with Gasteiger partial charge in [-0.1, -0.05) is 23.7 Å². The molecule has 3 heteroatoms. The number of nitrogens with two attached hydrogens (primary N) is 1. The molecule has 0 aliphatic carbocycles. The van der Waals surface area contributed by atoms with Crippen LogP contribution in [0.2, 0.25) is 5.02 Å². The quantitative estimate of drug-likeness (QED) is 0.742. The Balaban J connectivity index is 2.58. The van der Waals surface area contributed by atoms with Crippen LogP contribution in [0.25, 0.3) is 11.1 Å². The fraction of sp³-hybridized carbons (Fsp3) is 0.0769. The van der Waals surface area contributed by atoms with Crippen molar-refractivity contribution in [1.29, 1.82) is 0 Å². The van der Waals surface area contributed by atoms with Crippen molar-refractivity contribution in [2.45, 2.75) is 6.92 Å². The van der Waals surface area contributed by atoms with Crippen molar-refractivity contribution >= 4 is 17.3 Å². The van der Waals surface area contributed by atoms with Crippen LogP contribution >= 0.6 is 11.6 Å². The lowest BCUT2D eigenvalue weighted by Gasteiger charge is -2.07. The fourth-order valence-corrected chi connectivity index (χ4v) is 1.75. The van der Waals surface area contributed by atoms with E-state index < -0.39 is 0 Å². The van der Waals surface area contributed by atoms with Gasteiger partial charge in [-0.15, -0.1) is 0 Å². The third kappa shape index (κ3) is 2.02. The Morgan fingerprint density at radius 3 is 2.56 bits per heavy atom. The average molecular weight is 236 g/mol. The number of benzene rings is 2. The lowest BCUT2D eigenvalue weighted by atomic mass is 10.0. The molecule has 0 aromatic heterocycles. The molecular weight excluding hydrogens is 225 g/mol. The maximum Gasteiger partial charge on any atom is 0.123 e. The van der Waals surface area contributed by atoms with E-state index >= 15 is 0 Å². The number of nitrogen functional groups attached to an aromatic ring is 1. The van der Waals surface area contributed by atoms with Crippen molar-refractivity contribution in [2.75, 3.05) is 5.73 Å². The molecular formula is C13H11ClFN. The second-order valence-corrected chi connectivity index (χ2v) is 4.10. The average Bonchev–Trinajstić information content (AvgIpc) is 2.26. The van der Waals surface area contributed by atoms with E-state index in [9.17, 15) is 4.39 Å². The first kappa shape index (κ1) is 11.0. The smallest absolute Gasteiger partial charge is 0.123 e. The zero-order valence-electron chi connectivity index (χ0n) is 8.80. The predicted octanol–water partition coefficient (Wildman–Crippen LogP) is 4.04. The Kier molecular flexibility index (Phi) is 2.84. The van der Waals surface area contributed by atoms with Crippen LogP contribution in [0.5, 0.6) is 0 Å². The molecule has 0 radical (unpaired) electrons. The van der Waals surface area contributed by atoms with Gasteiger partial charge in [0.1, 0.15) is 5.82 Å². The van der Waals surface area contributed by atoms with Gasteiger partial charge in [0.15, 0.2) is 0 Å². The van der Waals surface area contributed by atoms with E-state index in [0.717, 1.165) is 11.1 Å². The molecule has 0 unspecified atom stereocenters. The Hall–Kier alpha value is -1.54. The standard InChI is InChI=1S/C13H11ClFN/c1-8-2-3-9(6-13(8)16)11-7-10(15)4-5-12(11)14/h2-7H,16H2,1H3. The van der Waals surface area contributed by atoms with Gasteiger partial charge in [-0.3, -0.25) is 0 Å². The summed E-state index contributed by atoms with van der Waals surface area (Å²) < 4.78 is 13.1. The number of rotatable bonds is 1. The molecule has 2 rings (SSSR count). The highest BCUT2D eigenvalue weighted by molar-refractivity contribution is 6.33. The fourth-order valence-electron chi connectivity index (χ4n) is 1.53. The van der Waals surface area contributed by atoms with E-state index in [1.54, 1.807) is 12.1 Å². The summed E-state index contributed by atoms with van der Waals surface area (Å²) in [5.41, 5.74) is 8.97. The highest BCUT2D eigenvalue weighted by Gasteiger charge is 2.06. The van der Waals surface area contributed by atoms with Crippen LogP contribution in [0.15, 0.2) is 36.4 Å². The van der Waals surface area contributed by atoms with Gasteiger partial charge in [0.05, 0.1) is 0 Å². The monoisotopic (exact) mass is 235 g/mol. The zero-order valence-corrected chi connectivity index (χ0v) is 9.55. The molecule has 0 atom stereocenters. The molecule has 82 valence electrons. The molecule has 16 heavy (non-hydrogen) atoms. The minimum absolute atomic E-state index is 0.307. The Labute approximate surface area is 98.7 Å². The normalized spacial score (nSPS) is 10.4. The maximum absolute atomic E-state index is 13.1. The van der Waals surface area contributed by atoms with Gasteiger partial charge in [-0.25, -0.2) is 4.39 Å². The van der Waals surface area contributed by atoms with Crippen LogP contribution in [0, 0.1) is 12.7 Å². The van der Waals surface area contributed by atoms with E-state index in [1.807, 2.05) is 19.1 Å². The molecule has 0 aliphatic heterocycles. The molecule has 0 aliphatic rings. The topological polar surface area (TPSA) is 26.0 Å². The van der Waals surface area contributed by atoms with Crippen LogP contribution in [0.1, 0.15) is 5.56 Å². The summed E-state index contributed by atoms with van der Waals surface area (Å²) in [6.07, 6.45) is 0. The van der Waals surface area contributed by atoms with E-state index in [4.69, 9.17) is 17.3 Å². The van der Waals surface area contributed by atoms with Crippen molar-refractivity contribution in [3.8, 4) is 11.1 Å². The molecule has 2 N–H and O–H groups in total. The molecule has 1 nitrogen and oxygen atoms in total. The number of anilines is 1. The summed E-state index contributed by atoms with van der Waals surface area (Å²) in [6, 6.07) is 9.87. The van der Waals surface area contributed by atoms with Crippen LogP contribution in [0.3, 0.4) is 0 Å². The van der Waals surface area contributed by atoms with Crippen LogP contribution in [0.4, 0.5) is 10.1 Å². The number of hydrogen-bond acceptors (Lipinski definition) is 1. The van der Waals surface area contributed by atoms with Gasteiger partial charge in [0.2, 0.25) is 0 Å². The van der Waals surface area contributed by atoms with Crippen LogP contribution in [-0.4, -0.2) is 0 Å². The van der Waals surface area contributed by atoms with Crippen LogP contribution in [-0.2, 0) is 0 Å². The molecule has 0 saturated carbocycles. The first-order valence-corrected chi connectivity index (χ1v) is 5.27. The Morgan fingerprint density at radius 2 is 1.88 bits per heavy atom. The van der Waals surface area contributed by atoms with Crippen molar-refractivity contribution in [1.82, 2.24) is 0 Å². The van der Waals surface area contributed by atoms with Gasteiger partial charge in [0, 0.05) is 16.3 Å². The molecule has 0 fully saturated rings. The summed E-state index contributed by atoms with van der Waals surface area (Å²) in [4.78, 5) is 0. The molecule has 0 saturated heterocycles. The summed E-state index contributed by atoms with van der Waals surface area (Å²) in [6.45, 7) is 1.92. The SMILES string of the molecule is Cc1ccc(-c2cc(F)ccc2Cl)cc1N.